The second-order valence-corrected chi connectivity index (χ2v) is 6.57. The quantitative estimate of drug-likeness (QED) is 0.623. The van der Waals surface area contributed by atoms with Crippen molar-refractivity contribution >= 4 is 30.7 Å². The number of nitrogens with zero attached hydrogens (tertiary/aromatic N) is 2. The van der Waals surface area contributed by atoms with Crippen molar-refractivity contribution in [1.82, 2.24) is 9.80 Å². The Hall–Kier alpha value is -0.850. The molecule has 1 unspecified atom stereocenters. The van der Waals surface area contributed by atoms with E-state index in [1.165, 1.54) is 0 Å². The van der Waals surface area contributed by atoms with E-state index < -0.39 is 0 Å². The number of hydrogen-bond acceptors (Lipinski definition) is 4. The number of ether oxygens (including phenoxy) is 1. The third-order valence-corrected chi connectivity index (χ3v) is 4.98. The van der Waals surface area contributed by atoms with Gasteiger partial charge in [-0.1, -0.05) is 44.2 Å². The molecule has 0 bridgehead atoms. The van der Waals surface area contributed by atoms with Crippen LogP contribution in [0.15, 0.2) is 30.3 Å². The number of carbonyl (C=O) groups is 1. The van der Waals surface area contributed by atoms with Crippen molar-refractivity contribution in [1.29, 1.82) is 0 Å². The van der Waals surface area contributed by atoms with E-state index in [0.717, 1.165) is 57.6 Å². The Bertz CT molecular complexity index is 507. The number of likely N-dealkylation sites (N-methyl/N-ethyl adjacent to an activating group) is 1. The first-order valence-corrected chi connectivity index (χ1v) is 9.60. The van der Waals surface area contributed by atoms with Gasteiger partial charge < -0.3 is 15.4 Å². The van der Waals surface area contributed by atoms with E-state index >= 15 is 0 Å². The topological polar surface area (TPSA) is 58.8 Å². The molecule has 0 saturated carbocycles. The molecule has 0 aromatic heterocycles. The molecule has 0 radical (unpaired) electrons. The fraction of sp³-hybridized carbons (Fsp3) is 0.650. The van der Waals surface area contributed by atoms with Crippen LogP contribution >= 0.6 is 24.8 Å². The van der Waals surface area contributed by atoms with Gasteiger partial charge in [-0.3, -0.25) is 9.69 Å². The summed E-state index contributed by atoms with van der Waals surface area (Å²) in [7, 11) is 0. The van der Waals surface area contributed by atoms with Gasteiger partial charge in [-0.2, -0.15) is 0 Å². The van der Waals surface area contributed by atoms with Gasteiger partial charge in [0.05, 0.1) is 6.10 Å². The summed E-state index contributed by atoms with van der Waals surface area (Å²) in [5.41, 5.74) is 6.59. The van der Waals surface area contributed by atoms with Crippen LogP contribution in [0.1, 0.15) is 44.7 Å². The molecule has 0 aliphatic carbocycles. The Morgan fingerprint density at radius 1 is 1.19 bits per heavy atom. The molecule has 1 aromatic carbocycles. The Morgan fingerprint density at radius 2 is 1.78 bits per heavy atom. The monoisotopic (exact) mass is 419 g/mol. The summed E-state index contributed by atoms with van der Waals surface area (Å²) in [6.45, 7) is 8.89. The summed E-state index contributed by atoms with van der Waals surface area (Å²) in [5, 5.41) is 0. The lowest BCUT2D eigenvalue weighted by Crippen LogP contribution is -2.47. The average Bonchev–Trinajstić information content (AvgIpc) is 2.67. The Kier molecular flexibility index (Phi) is 13.7. The van der Waals surface area contributed by atoms with Gasteiger partial charge >= 0.3 is 0 Å². The SMILES string of the molecule is CCN(CC)C(C(=O)N1CCC(OCCCN)CC1)c1ccccc1.Cl.Cl. The Balaban J connectivity index is 0.00000338. The van der Waals surface area contributed by atoms with Crippen LogP contribution in [0, 0.1) is 0 Å². The molecule has 156 valence electrons. The highest BCUT2D eigenvalue weighted by molar-refractivity contribution is 5.85. The van der Waals surface area contributed by atoms with Gasteiger partial charge in [0, 0.05) is 19.7 Å². The summed E-state index contributed by atoms with van der Waals surface area (Å²) in [5.74, 6) is 0.218. The first-order chi connectivity index (χ1) is 12.2. The molecule has 1 aliphatic rings. The standard InChI is InChI=1S/C20H33N3O2.2ClH/c1-3-22(4-2)19(17-9-6-5-7-10-17)20(24)23-14-11-18(12-15-23)25-16-8-13-21;;/h5-7,9-10,18-19H,3-4,8,11-16,21H2,1-2H3;2*1H. The van der Waals surface area contributed by atoms with Gasteiger partial charge in [0.25, 0.3) is 0 Å². The third kappa shape index (κ3) is 7.59. The smallest absolute Gasteiger partial charge is 0.244 e. The molecular formula is C20H35Cl2N3O2. The van der Waals surface area contributed by atoms with Crippen molar-refractivity contribution in [3.8, 4) is 0 Å². The van der Waals surface area contributed by atoms with Crippen LogP contribution in [0.3, 0.4) is 0 Å². The van der Waals surface area contributed by atoms with Gasteiger partial charge in [0.15, 0.2) is 0 Å². The zero-order chi connectivity index (χ0) is 18.1. The van der Waals surface area contributed by atoms with Crippen molar-refractivity contribution in [2.45, 2.75) is 45.3 Å². The van der Waals surface area contributed by atoms with Gasteiger partial charge in [0.2, 0.25) is 5.91 Å². The minimum Gasteiger partial charge on any atom is -0.378 e. The molecule has 1 saturated heterocycles. The van der Waals surface area contributed by atoms with Crippen molar-refractivity contribution in [3.05, 3.63) is 35.9 Å². The van der Waals surface area contributed by atoms with Crippen molar-refractivity contribution in [3.63, 3.8) is 0 Å². The fourth-order valence-electron chi connectivity index (χ4n) is 3.48. The number of benzene rings is 1. The summed E-state index contributed by atoms with van der Waals surface area (Å²) in [4.78, 5) is 17.5. The first-order valence-electron chi connectivity index (χ1n) is 9.60. The fourth-order valence-corrected chi connectivity index (χ4v) is 3.48. The molecule has 27 heavy (non-hydrogen) atoms. The van der Waals surface area contributed by atoms with Crippen LogP contribution in [-0.2, 0) is 9.53 Å². The number of nitrogens with two attached hydrogens (primary N) is 1. The lowest BCUT2D eigenvalue weighted by atomic mass is 10.0. The first kappa shape index (κ1) is 26.1. The third-order valence-electron chi connectivity index (χ3n) is 4.98. The Morgan fingerprint density at radius 3 is 2.30 bits per heavy atom. The molecule has 1 atom stereocenters. The van der Waals surface area contributed by atoms with Crippen LogP contribution in [0.5, 0.6) is 0 Å². The van der Waals surface area contributed by atoms with Crippen molar-refractivity contribution in [2.24, 2.45) is 5.73 Å². The van der Waals surface area contributed by atoms with Crippen LogP contribution in [0.25, 0.3) is 0 Å². The van der Waals surface area contributed by atoms with Gasteiger partial charge in [-0.25, -0.2) is 0 Å². The van der Waals surface area contributed by atoms with E-state index in [1.54, 1.807) is 0 Å². The molecule has 0 spiro atoms. The molecule has 1 amide bonds. The maximum absolute atomic E-state index is 13.3. The minimum atomic E-state index is -0.189. The highest BCUT2D eigenvalue weighted by Crippen LogP contribution is 2.25. The number of carbonyl (C=O) groups excluding carboxylic acids is 1. The summed E-state index contributed by atoms with van der Waals surface area (Å²) in [6.07, 6.45) is 2.99. The number of halogens is 2. The van der Waals surface area contributed by atoms with E-state index in [-0.39, 0.29) is 42.9 Å². The predicted octanol–water partition coefficient (Wildman–Crippen LogP) is 3.27. The molecular weight excluding hydrogens is 385 g/mol. The highest BCUT2D eigenvalue weighted by Gasteiger charge is 2.32. The van der Waals surface area contributed by atoms with Crippen molar-refractivity contribution in [2.75, 3.05) is 39.3 Å². The zero-order valence-corrected chi connectivity index (χ0v) is 18.1. The second kappa shape index (κ2) is 14.2. The number of amides is 1. The molecule has 2 rings (SSSR count). The highest BCUT2D eigenvalue weighted by atomic mass is 35.5. The molecule has 2 N–H and O–H groups in total. The largest absolute Gasteiger partial charge is 0.378 e. The van der Waals surface area contributed by atoms with Gasteiger partial charge in [0.1, 0.15) is 6.04 Å². The van der Waals surface area contributed by atoms with E-state index in [4.69, 9.17) is 10.5 Å². The molecule has 1 fully saturated rings. The number of piperidine rings is 1. The predicted molar refractivity (Wildman–Crippen MR) is 116 cm³/mol. The molecule has 1 heterocycles. The van der Waals surface area contributed by atoms with E-state index in [2.05, 4.69) is 30.9 Å². The normalized spacial score (nSPS) is 15.8. The lowest BCUT2D eigenvalue weighted by molar-refractivity contribution is -0.140. The zero-order valence-electron chi connectivity index (χ0n) is 16.5. The summed E-state index contributed by atoms with van der Waals surface area (Å²) < 4.78 is 5.86. The lowest BCUT2D eigenvalue weighted by Gasteiger charge is -2.37. The van der Waals surface area contributed by atoms with Gasteiger partial charge in [-0.05, 0) is 44.5 Å². The van der Waals surface area contributed by atoms with E-state index in [1.807, 2.05) is 23.1 Å². The number of hydrogen-bond donors (Lipinski definition) is 1. The van der Waals surface area contributed by atoms with Crippen LogP contribution in [-0.4, -0.2) is 61.1 Å². The van der Waals surface area contributed by atoms with Crippen molar-refractivity contribution < 1.29 is 9.53 Å². The van der Waals surface area contributed by atoms with Crippen LogP contribution in [0.4, 0.5) is 0 Å². The van der Waals surface area contributed by atoms with Gasteiger partial charge in [-0.15, -0.1) is 24.8 Å². The summed E-state index contributed by atoms with van der Waals surface area (Å²) in [6, 6.07) is 9.95. The molecule has 1 aromatic rings. The van der Waals surface area contributed by atoms with Crippen LogP contribution in [0.2, 0.25) is 0 Å². The molecule has 7 heteroatoms. The van der Waals surface area contributed by atoms with E-state index in [0.29, 0.717) is 6.54 Å². The molecule has 5 nitrogen and oxygen atoms in total. The van der Waals surface area contributed by atoms with E-state index in [9.17, 15) is 4.79 Å². The molecule has 1 aliphatic heterocycles. The Labute approximate surface area is 176 Å². The number of likely N-dealkylation sites (tertiary alicyclic amines) is 1. The second-order valence-electron chi connectivity index (χ2n) is 6.57. The average molecular weight is 420 g/mol. The number of rotatable bonds is 9. The summed E-state index contributed by atoms with van der Waals surface area (Å²) >= 11 is 0. The minimum absolute atomic E-state index is 0. The maximum Gasteiger partial charge on any atom is 0.244 e. The maximum atomic E-state index is 13.3. The van der Waals surface area contributed by atoms with Crippen LogP contribution < -0.4 is 5.73 Å².